The predicted octanol–water partition coefficient (Wildman–Crippen LogP) is 2.05. The maximum Gasteiger partial charge on any atom is 0.317 e. The lowest BCUT2D eigenvalue weighted by molar-refractivity contribution is 0.197. The molecule has 134 valence electrons. The van der Waals surface area contributed by atoms with Gasteiger partial charge in [0, 0.05) is 42.2 Å². The second-order valence-electron chi connectivity index (χ2n) is 7.00. The molecule has 2 amide bonds. The van der Waals surface area contributed by atoms with Crippen molar-refractivity contribution in [1.82, 2.24) is 15.1 Å². The van der Waals surface area contributed by atoms with Crippen LogP contribution in [0.4, 0.5) is 4.79 Å². The Bertz CT molecular complexity index is 419. The molecule has 2 aliphatic rings. The van der Waals surface area contributed by atoms with E-state index in [2.05, 4.69) is 24.2 Å². The van der Waals surface area contributed by atoms with Gasteiger partial charge in [0.05, 0.1) is 5.25 Å². The van der Waals surface area contributed by atoms with Gasteiger partial charge in [0.2, 0.25) is 0 Å². The molecule has 5 nitrogen and oxygen atoms in total. The smallest absolute Gasteiger partial charge is 0.317 e. The van der Waals surface area contributed by atoms with Gasteiger partial charge in [-0.2, -0.15) is 0 Å². The molecule has 0 radical (unpaired) electrons. The van der Waals surface area contributed by atoms with Crippen LogP contribution in [-0.4, -0.2) is 70.3 Å². The van der Waals surface area contributed by atoms with Gasteiger partial charge in [0.1, 0.15) is 0 Å². The SMILES string of the molecule is CCN(C)C[C@@H]1CCN(C(=O)N[C@@H]2CCCC[C@H]2[S@@](=O)CC)C1. The van der Waals surface area contributed by atoms with Crippen LogP contribution >= 0.6 is 0 Å². The van der Waals surface area contributed by atoms with Crippen molar-refractivity contribution in [2.75, 3.05) is 39.0 Å². The molecule has 1 saturated carbocycles. The largest absolute Gasteiger partial charge is 0.334 e. The highest BCUT2D eigenvalue weighted by molar-refractivity contribution is 7.85. The molecule has 0 bridgehead atoms. The molecule has 2 rings (SSSR count). The first-order valence-electron chi connectivity index (χ1n) is 9.16. The molecule has 0 aromatic carbocycles. The van der Waals surface area contributed by atoms with Crippen LogP contribution in [0.25, 0.3) is 0 Å². The van der Waals surface area contributed by atoms with Crippen molar-refractivity contribution in [2.24, 2.45) is 5.92 Å². The molecule has 0 aromatic heterocycles. The van der Waals surface area contributed by atoms with Gasteiger partial charge in [-0.05, 0) is 38.8 Å². The van der Waals surface area contributed by atoms with Gasteiger partial charge in [0.25, 0.3) is 0 Å². The number of hydrogen-bond donors (Lipinski definition) is 1. The van der Waals surface area contributed by atoms with E-state index in [-0.39, 0.29) is 17.3 Å². The molecular weight excluding hydrogens is 310 g/mol. The number of likely N-dealkylation sites (tertiary alicyclic amines) is 1. The number of carbonyl (C=O) groups is 1. The molecule has 1 N–H and O–H groups in total. The highest BCUT2D eigenvalue weighted by Gasteiger charge is 2.33. The average molecular weight is 344 g/mol. The Hall–Kier alpha value is -0.620. The minimum absolute atomic E-state index is 0.0525. The molecule has 1 heterocycles. The van der Waals surface area contributed by atoms with E-state index in [1.807, 2.05) is 11.8 Å². The van der Waals surface area contributed by atoms with Crippen LogP contribution in [0.3, 0.4) is 0 Å². The normalized spacial score (nSPS) is 29.7. The Labute approximate surface area is 143 Å². The van der Waals surface area contributed by atoms with Crippen molar-refractivity contribution in [3.63, 3.8) is 0 Å². The summed E-state index contributed by atoms with van der Waals surface area (Å²) in [6.45, 7) is 7.95. The van der Waals surface area contributed by atoms with Crippen LogP contribution < -0.4 is 5.32 Å². The molecular formula is C17H33N3O2S. The van der Waals surface area contributed by atoms with E-state index in [1.54, 1.807) is 0 Å². The highest BCUT2D eigenvalue weighted by Crippen LogP contribution is 2.24. The van der Waals surface area contributed by atoms with Gasteiger partial charge in [-0.1, -0.05) is 26.7 Å². The van der Waals surface area contributed by atoms with Gasteiger partial charge in [-0.25, -0.2) is 4.79 Å². The van der Waals surface area contributed by atoms with Crippen LogP contribution in [0.5, 0.6) is 0 Å². The predicted molar refractivity (Wildman–Crippen MR) is 96.1 cm³/mol. The zero-order chi connectivity index (χ0) is 16.8. The number of nitrogens with zero attached hydrogens (tertiary/aromatic N) is 2. The molecule has 1 aliphatic heterocycles. The Kier molecular flexibility index (Phi) is 7.34. The zero-order valence-corrected chi connectivity index (χ0v) is 15.7. The first kappa shape index (κ1) is 18.7. The Morgan fingerprint density at radius 2 is 2.00 bits per heavy atom. The maximum atomic E-state index is 12.6. The summed E-state index contributed by atoms with van der Waals surface area (Å²) in [6.07, 6.45) is 5.31. The van der Waals surface area contributed by atoms with Crippen molar-refractivity contribution < 1.29 is 9.00 Å². The number of carbonyl (C=O) groups excluding carboxylic acids is 1. The van der Waals surface area contributed by atoms with E-state index in [0.717, 1.165) is 58.3 Å². The lowest BCUT2D eigenvalue weighted by Crippen LogP contribution is -2.51. The number of amides is 2. The molecule has 4 atom stereocenters. The molecule has 1 saturated heterocycles. The van der Waals surface area contributed by atoms with Crippen LogP contribution in [0.2, 0.25) is 0 Å². The van der Waals surface area contributed by atoms with Gasteiger partial charge < -0.3 is 15.1 Å². The van der Waals surface area contributed by atoms with Crippen molar-refractivity contribution in [1.29, 1.82) is 0 Å². The Morgan fingerprint density at radius 3 is 2.70 bits per heavy atom. The van der Waals surface area contributed by atoms with Crippen molar-refractivity contribution in [3.8, 4) is 0 Å². The molecule has 23 heavy (non-hydrogen) atoms. The topological polar surface area (TPSA) is 52.6 Å². The quantitative estimate of drug-likeness (QED) is 0.803. The molecule has 6 heteroatoms. The lowest BCUT2D eigenvalue weighted by atomic mass is 9.95. The van der Waals surface area contributed by atoms with Crippen LogP contribution in [0, 0.1) is 5.92 Å². The van der Waals surface area contributed by atoms with Crippen molar-refractivity contribution >= 4 is 16.8 Å². The first-order chi connectivity index (χ1) is 11.0. The van der Waals surface area contributed by atoms with Gasteiger partial charge in [-0.15, -0.1) is 0 Å². The van der Waals surface area contributed by atoms with Gasteiger partial charge in [-0.3, -0.25) is 4.21 Å². The summed E-state index contributed by atoms with van der Waals surface area (Å²) in [5.74, 6) is 1.27. The second-order valence-corrected chi connectivity index (χ2v) is 8.95. The minimum Gasteiger partial charge on any atom is -0.334 e. The number of hydrogen-bond acceptors (Lipinski definition) is 3. The number of rotatable bonds is 6. The van der Waals surface area contributed by atoms with E-state index in [4.69, 9.17) is 0 Å². The lowest BCUT2D eigenvalue weighted by Gasteiger charge is -2.32. The molecule has 0 unspecified atom stereocenters. The monoisotopic (exact) mass is 343 g/mol. The number of urea groups is 1. The standard InChI is InChI=1S/C17H33N3O2S/c1-4-19(3)12-14-10-11-20(13-14)17(21)18-15-8-6-7-9-16(15)23(22)5-2/h14-16H,4-13H2,1-3H3,(H,18,21)/t14-,15+,16+,23-/m0/s1. The summed E-state index contributed by atoms with van der Waals surface area (Å²) in [5, 5.41) is 3.34. The third-order valence-electron chi connectivity index (χ3n) is 5.32. The maximum absolute atomic E-state index is 12.6. The Morgan fingerprint density at radius 1 is 1.26 bits per heavy atom. The first-order valence-corrected chi connectivity index (χ1v) is 10.5. The number of nitrogens with one attached hydrogen (secondary N) is 1. The summed E-state index contributed by atoms with van der Waals surface area (Å²) >= 11 is 0. The molecule has 2 fully saturated rings. The van der Waals surface area contributed by atoms with E-state index >= 15 is 0 Å². The summed E-state index contributed by atoms with van der Waals surface area (Å²) < 4.78 is 12.2. The summed E-state index contributed by atoms with van der Waals surface area (Å²) in [4.78, 5) is 16.8. The summed E-state index contributed by atoms with van der Waals surface area (Å²) in [5.41, 5.74) is 0. The van der Waals surface area contributed by atoms with Crippen LogP contribution in [-0.2, 0) is 10.8 Å². The fraction of sp³-hybridized carbons (Fsp3) is 0.941. The molecule has 1 aliphatic carbocycles. The van der Waals surface area contributed by atoms with E-state index < -0.39 is 10.8 Å². The fourth-order valence-corrected chi connectivity index (χ4v) is 5.20. The third kappa shape index (κ3) is 5.18. The molecule has 0 spiro atoms. The Balaban J connectivity index is 1.85. The van der Waals surface area contributed by atoms with Crippen molar-refractivity contribution in [2.45, 2.75) is 57.2 Å². The molecule has 0 aromatic rings. The second kappa shape index (κ2) is 9.02. The summed E-state index contributed by atoms with van der Waals surface area (Å²) in [6, 6.07) is 0.144. The van der Waals surface area contributed by atoms with Crippen molar-refractivity contribution in [3.05, 3.63) is 0 Å². The van der Waals surface area contributed by atoms with Gasteiger partial charge >= 0.3 is 6.03 Å². The average Bonchev–Trinajstić information content (AvgIpc) is 3.03. The van der Waals surface area contributed by atoms with E-state index in [9.17, 15) is 9.00 Å². The van der Waals surface area contributed by atoms with Crippen LogP contribution in [0.15, 0.2) is 0 Å². The van der Waals surface area contributed by atoms with E-state index in [0.29, 0.717) is 11.7 Å². The highest BCUT2D eigenvalue weighted by atomic mass is 32.2. The minimum atomic E-state index is -0.817. The zero-order valence-electron chi connectivity index (χ0n) is 14.9. The van der Waals surface area contributed by atoms with Gasteiger partial charge in [0.15, 0.2) is 0 Å². The fourth-order valence-electron chi connectivity index (χ4n) is 3.78. The van der Waals surface area contributed by atoms with E-state index in [1.165, 1.54) is 0 Å². The third-order valence-corrected chi connectivity index (χ3v) is 7.13. The van der Waals surface area contributed by atoms with Crippen LogP contribution in [0.1, 0.15) is 46.0 Å². The summed E-state index contributed by atoms with van der Waals surface area (Å²) in [7, 11) is 1.32.